The number of benzene rings is 1. The number of nitrogens with one attached hydrogen (secondary N) is 2. The van der Waals surface area contributed by atoms with E-state index < -0.39 is 14.6 Å². The van der Waals surface area contributed by atoms with E-state index in [1.165, 1.54) is 30.6 Å². The fraction of sp³-hybridized carbons (Fsp3) is 0.273. The van der Waals surface area contributed by atoms with Crippen molar-refractivity contribution in [2.75, 3.05) is 11.1 Å². The lowest BCUT2D eigenvalue weighted by Crippen LogP contribution is -2.30. The summed E-state index contributed by atoms with van der Waals surface area (Å²) in [4.78, 5) is 24.9. The van der Waals surface area contributed by atoms with E-state index in [0.29, 0.717) is 35.6 Å². The largest absolute Gasteiger partial charge is 0.384 e. The van der Waals surface area contributed by atoms with E-state index in [2.05, 4.69) is 25.6 Å². The smallest absolute Gasteiger partial charge is 0.319 e. The van der Waals surface area contributed by atoms with Gasteiger partial charge >= 0.3 is 6.03 Å². The highest BCUT2D eigenvalue weighted by molar-refractivity contribution is 7.92. The molecule has 3 aromatic rings. The minimum absolute atomic E-state index is 0.201. The average molecular weight is 451 g/mol. The third-order valence-corrected chi connectivity index (χ3v) is 8.24. The summed E-state index contributed by atoms with van der Waals surface area (Å²) in [7, 11) is -3.66. The van der Waals surface area contributed by atoms with Crippen LogP contribution in [0.4, 0.5) is 16.3 Å². The van der Waals surface area contributed by atoms with Crippen molar-refractivity contribution >= 4 is 27.4 Å². The van der Waals surface area contributed by atoms with Gasteiger partial charge in [0.2, 0.25) is 0 Å². The highest BCUT2D eigenvalue weighted by atomic mass is 32.2. The first-order valence-electron chi connectivity index (χ1n) is 10.4. The van der Waals surface area contributed by atoms with Gasteiger partial charge < -0.3 is 16.4 Å². The molecule has 2 fully saturated rings. The molecule has 0 atom stereocenters. The first kappa shape index (κ1) is 20.4. The number of anilines is 2. The first-order valence-corrected chi connectivity index (χ1v) is 11.8. The Kier molecular flexibility index (Phi) is 4.81. The zero-order valence-corrected chi connectivity index (χ0v) is 18.0. The van der Waals surface area contributed by atoms with Crippen molar-refractivity contribution in [2.24, 2.45) is 0 Å². The van der Waals surface area contributed by atoms with Crippen molar-refractivity contribution in [2.45, 2.75) is 41.4 Å². The molecule has 0 radical (unpaired) electrons. The average Bonchev–Trinajstić information content (AvgIpc) is 3.69. The first-order chi connectivity index (χ1) is 15.4. The molecule has 0 saturated heterocycles. The summed E-state index contributed by atoms with van der Waals surface area (Å²) in [6.45, 7) is 0. The fourth-order valence-electron chi connectivity index (χ4n) is 3.63. The molecule has 2 aliphatic rings. The molecule has 0 unspecified atom stereocenters. The van der Waals surface area contributed by atoms with E-state index in [-0.39, 0.29) is 22.8 Å². The topological polar surface area (TPSA) is 140 Å². The van der Waals surface area contributed by atoms with Crippen LogP contribution in [-0.2, 0) is 14.6 Å². The second kappa shape index (κ2) is 7.56. The van der Waals surface area contributed by atoms with E-state index in [9.17, 15) is 13.2 Å². The minimum atomic E-state index is -3.66. The number of hydrogen-bond acceptors (Lipinski definition) is 7. The molecule has 5 rings (SSSR count). The lowest BCUT2D eigenvalue weighted by atomic mass is 10.1. The Labute approximate surface area is 185 Å². The van der Waals surface area contributed by atoms with Crippen LogP contribution in [-0.4, -0.2) is 35.4 Å². The van der Waals surface area contributed by atoms with Crippen molar-refractivity contribution in [3.8, 4) is 11.4 Å². The van der Waals surface area contributed by atoms with Crippen molar-refractivity contribution in [1.29, 1.82) is 0 Å². The summed E-state index contributed by atoms with van der Waals surface area (Å²) in [6.07, 6.45) is 5.88. The molecule has 9 nitrogen and oxygen atoms in total. The quantitative estimate of drug-likeness (QED) is 0.524. The Morgan fingerprint density at radius 3 is 2.34 bits per heavy atom. The number of aromatic nitrogens is 3. The number of nitrogens with zero attached hydrogens (tertiary/aromatic N) is 3. The normalized spacial score (nSPS) is 16.9. The number of pyridine rings is 1. The standard InChI is InChI=1S/C22H22N6O3S/c23-19-13-18(22(9-10-22)32(30,31)17-7-11-24-12-8-17)27-20(28-19)14-1-3-15(4-2-14)25-21(29)26-16-5-6-16/h1-4,7-8,11-13,16H,5-6,9-10H2,(H2,23,27,28)(H2,25,26,29). The van der Waals surface area contributed by atoms with Crippen LogP contribution in [0.15, 0.2) is 59.8 Å². The fourth-order valence-corrected chi connectivity index (χ4v) is 5.58. The molecule has 32 heavy (non-hydrogen) atoms. The van der Waals surface area contributed by atoms with Gasteiger partial charge in [-0.2, -0.15) is 0 Å². The van der Waals surface area contributed by atoms with Gasteiger partial charge in [-0.15, -0.1) is 0 Å². The maximum Gasteiger partial charge on any atom is 0.319 e. The second-order valence-electron chi connectivity index (χ2n) is 8.13. The maximum atomic E-state index is 13.3. The van der Waals surface area contributed by atoms with Gasteiger partial charge in [0.25, 0.3) is 0 Å². The van der Waals surface area contributed by atoms with Crippen LogP contribution in [0, 0.1) is 0 Å². The predicted molar refractivity (Wildman–Crippen MR) is 119 cm³/mol. The SMILES string of the molecule is Nc1cc(C2(S(=O)(=O)c3ccncc3)CC2)nc(-c2ccc(NC(=O)NC3CC3)cc2)n1. The highest BCUT2D eigenvalue weighted by Crippen LogP contribution is 2.54. The lowest BCUT2D eigenvalue weighted by Gasteiger charge is -2.17. The third-order valence-electron chi connectivity index (χ3n) is 5.70. The summed E-state index contributed by atoms with van der Waals surface area (Å²) < 4.78 is 25.5. The molecule has 2 aliphatic carbocycles. The van der Waals surface area contributed by atoms with Crippen molar-refractivity contribution in [1.82, 2.24) is 20.3 Å². The number of urea groups is 1. The molecule has 1 aromatic carbocycles. The van der Waals surface area contributed by atoms with Gasteiger partial charge in [-0.25, -0.2) is 23.2 Å². The lowest BCUT2D eigenvalue weighted by molar-refractivity contribution is 0.251. The van der Waals surface area contributed by atoms with Gasteiger partial charge in [-0.1, -0.05) is 0 Å². The van der Waals surface area contributed by atoms with E-state index >= 15 is 0 Å². The van der Waals surface area contributed by atoms with Gasteiger partial charge in [0.05, 0.1) is 10.6 Å². The summed E-state index contributed by atoms with van der Waals surface area (Å²) in [6, 6.07) is 11.6. The Morgan fingerprint density at radius 2 is 1.72 bits per heavy atom. The molecule has 10 heteroatoms. The van der Waals surface area contributed by atoms with Crippen molar-refractivity contribution in [3.63, 3.8) is 0 Å². The number of nitrogen functional groups attached to an aromatic ring is 1. The van der Waals surface area contributed by atoms with Crippen LogP contribution < -0.4 is 16.4 Å². The molecular formula is C22H22N6O3S. The minimum Gasteiger partial charge on any atom is -0.384 e. The molecule has 0 aliphatic heterocycles. The van der Waals surface area contributed by atoms with Gasteiger partial charge in [-0.3, -0.25) is 4.98 Å². The molecule has 2 aromatic heterocycles. The molecule has 2 saturated carbocycles. The molecular weight excluding hydrogens is 428 g/mol. The molecule has 0 bridgehead atoms. The van der Waals surface area contributed by atoms with E-state index in [0.717, 1.165) is 12.8 Å². The van der Waals surface area contributed by atoms with Crippen LogP contribution in [0.3, 0.4) is 0 Å². The number of nitrogens with two attached hydrogens (primary N) is 1. The Morgan fingerprint density at radius 1 is 1.03 bits per heavy atom. The molecule has 164 valence electrons. The number of rotatable bonds is 6. The van der Waals surface area contributed by atoms with Crippen molar-refractivity contribution < 1.29 is 13.2 Å². The van der Waals surface area contributed by atoms with Crippen LogP contribution in [0.1, 0.15) is 31.4 Å². The van der Waals surface area contributed by atoms with Gasteiger partial charge in [0, 0.05) is 35.8 Å². The highest BCUT2D eigenvalue weighted by Gasteiger charge is 2.57. The maximum absolute atomic E-state index is 13.3. The van der Waals surface area contributed by atoms with E-state index in [1.807, 2.05) is 0 Å². The Bertz CT molecular complexity index is 1270. The van der Waals surface area contributed by atoms with Gasteiger partial charge in [0.15, 0.2) is 15.7 Å². The second-order valence-corrected chi connectivity index (χ2v) is 10.4. The van der Waals surface area contributed by atoms with E-state index in [1.54, 1.807) is 24.3 Å². The van der Waals surface area contributed by atoms with Crippen molar-refractivity contribution in [3.05, 3.63) is 60.6 Å². The van der Waals surface area contributed by atoms with Crippen LogP contribution in [0.5, 0.6) is 0 Å². The monoisotopic (exact) mass is 450 g/mol. The number of amides is 2. The Hall–Kier alpha value is -3.53. The molecule has 0 spiro atoms. The summed E-state index contributed by atoms with van der Waals surface area (Å²) in [5, 5.41) is 5.65. The molecule has 4 N–H and O–H groups in total. The van der Waals surface area contributed by atoms with E-state index in [4.69, 9.17) is 5.73 Å². The summed E-state index contributed by atoms with van der Waals surface area (Å²) >= 11 is 0. The molecule has 2 amide bonds. The number of carbonyl (C=O) groups excluding carboxylic acids is 1. The summed E-state index contributed by atoms with van der Waals surface area (Å²) in [5.41, 5.74) is 7.73. The third kappa shape index (κ3) is 3.77. The van der Waals surface area contributed by atoms with Gasteiger partial charge in [0.1, 0.15) is 10.6 Å². The number of hydrogen-bond donors (Lipinski definition) is 3. The Balaban J connectivity index is 1.42. The summed E-state index contributed by atoms with van der Waals surface area (Å²) in [5.74, 6) is 0.539. The van der Waals surface area contributed by atoms with Crippen LogP contribution in [0.2, 0.25) is 0 Å². The van der Waals surface area contributed by atoms with Gasteiger partial charge in [-0.05, 0) is 62.1 Å². The van der Waals surface area contributed by atoms with Crippen LogP contribution in [0.25, 0.3) is 11.4 Å². The zero-order valence-electron chi connectivity index (χ0n) is 17.2. The number of carbonyl (C=O) groups is 1. The number of sulfone groups is 1. The van der Waals surface area contributed by atoms with Crippen LogP contribution >= 0.6 is 0 Å². The molecule has 2 heterocycles. The predicted octanol–water partition coefficient (Wildman–Crippen LogP) is 2.87. The zero-order chi connectivity index (χ0) is 22.3.